The minimum absolute atomic E-state index is 0.541. The number of fused-ring (bicyclic) bond motifs is 1. The van der Waals surface area contributed by atoms with E-state index in [9.17, 15) is 0 Å². The molecule has 0 bridgehead atoms. The van der Waals surface area contributed by atoms with Crippen molar-refractivity contribution in [3.63, 3.8) is 0 Å². The molecule has 0 N–H and O–H groups in total. The summed E-state index contributed by atoms with van der Waals surface area (Å²) in [6, 6.07) is 2.68. The van der Waals surface area contributed by atoms with E-state index in [0.29, 0.717) is 6.04 Å². The number of hydrogen-bond donors (Lipinski definition) is 0. The molecule has 0 fully saturated rings. The van der Waals surface area contributed by atoms with Gasteiger partial charge in [0.05, 0.1) is 11.7 Å². The van der Waals surface area contributed by atoms with Gasteiger partial charge in [0.25, 0.3) is 0 Å². The molecule has 4 heteroatoms. The van der Waals surface area contributed by atoms with Gasteiger partial charge in [-0.05, 0) is 32.6 Å². The van der Waals surface area contributed by atoms with E-state index in [1.165, 1.54) is 18.7 Å². The Morgan fingerprint density at radius 3 is 2.88 bits per heavy atom. The SMILES string of the molecule is CCN(CC)CC[C@H]1CN(C)Cc2ccnn21. The van der Waals surface area contributed by atoms with Crippen LogP contribution >= 0.6 is 0 Å². The van der Waals surface area contributed by atoms with Gasteiger partial charge in [0, 0.05) is 25.8 Å². The van der Waals surface area contributed by atoms with Gasteiger partial charge < -0.3 is 4.90 Å². The summed E-state index contributed by atoms with van der Waals surface area (Å²) in [5.41, 5.74) is 1.35. The molecule has 0 saturated heterocycles. The smallest absolute Gasteiger partial charge is 0.0662 e. The van der Waals surface area contributed by atoms with Gasteiger partial charge in [-0.1, -0.05) is 13.8 Å². The molecule has 0 aliphatic carbocycles. The molecule has 1 atom stereocenters. The normalized spacial score (nSPS) is 20.8. The molecule has 17 heavy (non-hydrogen) atoms. The first-order chi connectivity index (χ1) is 8.24. The fraction of sp³-hybridized carbons (Fsp3) is 0.769. The Kier molecular flexibility index (Phi) is 4.18. The van der Waals surface area contributed by atoms with Gasteiger partial charge in [0.15, 0.2) is 0 Å². The molecule has 2 heterocycles. The highest BCUT2D eigenvalue weighted by Gasteiger charge is 2.23. The lowest BCUT2D eigenvalue weighted by molar-refractivity contribution is 0.182. The van der Waals surface area contributed by atoms with Crippen molar-refractivity contribution in [3.8, 4) is 0 Å². The van der Waals surface area contributed by atoms with E-state index in [1.807, 2.05) is 6.20 Å². The van der Waals surface area contributed by atoms with E-state index in [0.717, 1.165) is 26.2 Å². The summed E-state index contributed by atoms with van der Waals surface area (Å²) in [5, 5.41) is 4.47. The second-order valence-electron chi connectivity index (χ2n) is 4.93. The van der Waals surface area contributed by atoms with Crippen molar-refractivity contribution < 1.29 is 0 Å². The molecule has 0 aromatic carbocycles. The maximum Gasteiger partial charge on any atom is 0.0662 e. The molecular weight excluding hydrogens is 212 g/mol. The van der Waals surface area contributed by atoms with Gasteiger partial charge in [-0.15, -0.1) is 0 Å². The van der Waals surface area contributed by atoms with E-state index in [2.05, 4.69) is 46.5 Å². The van der Waals surface area contributed by atoms with Crippen LogP contribution in [0.4, 0.5) is 0 Å². The molecule has 0 radical (unpaired) electrons. The van der Waals surface area contributed by atoms with E-state index in [-0.39, 0.29) is 0 Å². The minimum Gasteiger partial charge on any atom is -0.304 e. The molecule has 1 aliphatic rings. The Morgan fingerprint density at radius 2 is 2.18 bits per heavy atom. The molecule has 1 aliphatic heterocycles. The van der Waals surface area contributed by atoms with Crippen LogP contribution in [-0.4, -0.2) is 52.8 Å². The summed E-state index contributed by atoms with van der Waals surface area (Å²) in [4.78, 5) is 4.88. The Morgan fingerprint density at radius 1 is 1.41 bits per heavy atom. The highest BCUT2D eigenvalue weighted by molar-refractivity contribution is 5.04. The first-order valence-corrected chi connectivity index (χ1v) is 6.67. The zero-order valence-corrected chi connectivity index (χ0v) is 11.3. The van der Waals surface area contributed by atoms with Crippen LogP contribution in [0.1, 0.15) is 32.0 Å². The lowest BCUT2D eigenvalue weighted by Gasteiger charge is -2.32. The minimum atomic E-state index is 0.541. The van der Waals surface area contributed by atoms with Crippen molar-refractivity contribution in [1.82, 2.24) is 19.6 Å². The Hall–Kier alpha value is -0.870. The predicted molar refractivity (Wildman–Crippen MR) is 70.0 cm³/mol. The second kappa shape index (κ2) is 5.65. The fourth-order valence-corrected chi connectivity index (χ4v) is 2.66. The molecule has 1 aromatic rings. The largest absolute Gasteiger partial charge is 0.304 e. The number of hydrogen-bond acceptors (Lipinski definition) is 3. The highest BCUT2D eigenvalue weighted by atomic mass is 15.3. The molecule has 0 amide bonds. The topological polar surface area (TPSA) is 24.3 Å². The zero-order valence-electron chi connectivity index (χ0n) is 11.3. The highest BCUT2D eigenvalue weighted by Crippen LogP contribution is 2.21. The Labute approximate surface area is 104 Å². The fourth-order valence-electron chi connectivity index (χ4n) is 2.66. The lowest BCUT2D eigenvalue weighted by Crippen LogP contribution is -2.37. The third-order valence-corrected chi connectivity index (χ3v) is 3.73. The van der Waals surface area contributed by atoms with E-state index < -0.39 is 0 Å². The van der Waals surface area contributed by atoms with E-state index in [4.69, 9.17) is 0 Å². The molecule has 0 saturated carbocycles. The van der Waals surface area contributed by atoms with Crippen LogP contribution in [0.2, 0.25) is 0 Å². The monoisotopic (exact) mass is 236 g/mol. The number of rotatable bonds is 5. The van der Waals surface area contributed by atoms with Gasteiger partial charge in [-0.2, -0.15) is 5.10 Å². The summed E-state index contributed by atoms with van der Waals surface area (Å²) >= 11 is 0. The number of likely N-dealkylation sites (N-methyl/N-ethyl adjacent to an activating group) is 1. The van der Waals surface area contributed by atoms with Crippen LogP contribution in [0.15, 0.2) is 12.3 Å². The Balaban J connectivity index is 1.98. The Bertz CT molecular complexity index is 343. The summed E-state index contributed by atoms with van der Waals surface area (Å²) < 4.78 is 2.23. The molecule has 2 rings (SSSR count). The first-order valence-electron chi connectivity index (χ1n) is 6.67. The van der Waals surface area contributed by atoms with Crippen LogP contribution in [0.25, 0.3) is 0 Å². The molecule has 4 nitrogen and oxygen atoms in total. The summed E-state index contributed by atoms with van der Waals surface area (Å²) in [6.07, 6.45) is 3.12. The molecular formula is C13H24N4. The van der Waals surface area contributed by atoms with Gasteiger partial charge in [-0.3, -0.25) is 9.58 Å². The van der Waals surface area contributed by atoms with Crippen LogP contribution < -0.4 is 0 Å². The van der Waals surface area contributed by atoms with Gasteiger partial charge >= 0.3 is 0 Å². The first kappa shape index (κ1) is 12.6. The zero-order chi connectivity index (χ0) is 12.3. The van der Waals surface area contributed by atoms with Gasteiger partial charge in [0.1, 0.15) is 0 Å². The summed E-state index contributed by atoms with van der Waals surface area (Å²) in [6.45, 7) is 10.1. The summed E-state index contributed by atoms with van der Waals surface area (Å²) in [7, 11) is 2.20. The molecule has 0 spiro atoms. The quantitative estimate of drug-likeness (QED) is 0.776. The van der Waals surface area contributed by atoms with Crippen molar-refractivity contribution in [2.24, 2.45) is 0 Å². The van der Waals surface area contributed by atoms with Crippen LogP contribution in [0.3, 0.4) is 0 Å². The van der Waals surface area contributed by atoms with E-state index in [1.54, 1.807) is 0 Å². The second-order valence-corrected chi connectivity index (χ2v) is 4.93. The van der Waals surface area contributed by atoms with Crippen molar-refractivity contribution in [2.75, 3.05) is 33.2 Å². The van der Waals surface area contributed by atoms with Crippen LogP contribution in [0.5, 0.6) is 0 Å². The number of aromatic nitrogens is 2. The maximum atomic E-state index is 4.47. The van der Waals surface area contributed by atoms with Crippen molar-refractivity contribution >= 4 is 0 Å². The van der Waals surface area contributed by atoms with Crippen LogP contribution in [-0.2, 0) is 6.54 Å². The summed E-state index contributed by atoms with van der Waals surface area (Å²) in [5.74, 6) is 0. The number of nitrogens with zero attached hydrogens (tertiary/aromatic N) is 4. The van der Waals surface area contributed by atoms with Crippen molar-refractivity contribution in [3.05, 3.63) is 18.0 Å². The maximum absolute atomic E-state index is 4.47. The average molecular weight is 236 g/mol. The average Bonchev–Trinajstić information content (AvgIpc) is 2.78. The van der Waals surface area contributed by atoms with Crippen molar-refractivity contribution in [2.45, 2.75) is 32.9 Å². The third kappa shape index (κ3) is 2.87. The van der Waals surface area contributed by atoms with Gasteiger partial charge in [0.2, 0.25) is 0 Å². The van der Waals surface area contributed by atoms with Crippen LogP contribution in [0, 0.1) is 0 Å². The lowest BCUT2D eigenvalue weighted by atomic mass is 10.1. The predicted octanol–water partition coefficient (Wildman–Crippen LogP) is 1.60. The standard InChI is InChI=1S/C13H24N4/c1-4-16(5-2)9-7-13-11-15(3)10-12-6-8-14-17(12)13/h6,8,13H,4-5,7,9-11H2,1-3H3/t13-/m0/s1. The molecule has 0 unspecified atom stereocenters. The third-order valence-electron chi connectivity index (χ3n) is 3.73. The van der Waals surface area contributed by atoms with Crippen molar-refractivity contribution in [1.29, 1.82) is 0 Å². The molecule has 1 aromatic heterocycles. The van der Waals surface area contributed by atoms with E-state index >= 15 is 0 Å². The molecule has 96 valence electrons. The van der Waals surface area contributed by atoms with Gasteiger partial charge in [-0.25, -0.2) is 0 Å².